The molecule has 0 N–H and O–H groups in total. The highest BCUT2D eigenvalue weighted by atomic mass is 18.2. The second-order valence-electron chi connectivity index (χ2n) is 2.64. The van der Waals surface area contributed by atoms with Crippen LogP contribution in [0.4, 0.5) is 4.39 Å². The molecular weight excluding hydrogens is 186 g/mol. The fraction of sp³-hybridized carbons (Fsp3) is 0.300. The second kappa shape index (κ2) is 4.72. The van der Waals surface area contributed by atoms with Crippen LogP contribution in [0.1, 0.15) is 10.4 Å². The number of alkyl halides is 1. The smallest absolute Gasteiger partial charge is 0.262 e. The van der Waals surface area contributed by atoms with Crippen LogP contribution in [-0.4, -0.2) is 26.4 Å². The summed E-state index contributed by atoms with van der Waals surface area (Å²) in [6.45, 7) is 0. The van der Waals surface area contributed by atoms with Crippen molar-refractivity contribution in [3.63, 3.8) is 0 Å². The molecule has 0 spiro atoms. The van der Waals surface area contributed by atoms with Gasteiger partial charge in [-0.05, 0) is 24.3 Å². The third kappa shape index (κ3) is 2.29. The predicted molar refractivity (Wildman–Crippen MR) is 49.2 cm³/mol. The summed E-state index contributed by atoms with van der Waals surface area (Å²) >= 11 is 0. The summed E-state index contributed by atoms with van der Waals surface area (Å²) in [5.74, 6) is -0.0653. The van der Waals surface area contributed by atoms with Gasteiger partial charge in [0.05, 0.1) is 7.11 Å². The van der Waals surface area contributed by atoms with E-state index in [4.69, 9.17) is 4.74 Å². The van der Waals surface area contributed by atoms with Crippen molar-refractivity contribution in [1.82, 2.24) is 0 Å². The van der Waals surface area contributed by atoms with Crippen molar-refractivity contribution in [3.05, 3.63) is 29.8 Å². The molecule has 0 aliphatic heterocycles. The number of hydrogen-bond donors (Lipinski definition) is 0. The highest BCUT2D eigenvalue weighted by molar-refractivity contribution is 5.98. The van der Waals surface area contributed by atoms with E-state index in [0.717, 1.165) is 7.11 Å². The molecule has 0 saturated carbocycles. The van der Waals surface area contributed by atoms with Crippen molar-refractivity contribution in [1.29, 1.82) is 0 Å². The summed E-state index contributed by atoms with van der Waals surface area (Å²) in [5, 5.41) is 0. The van der Waals surface area contributed by atoms with Gasteiger partial charge in [0.1, 0.15) is 5.75 Å². The quantitative estimate of drug-likeness (QED) is 0.690. The van der Waals surface area contributed by atoms with Gasteiger partial charge in [-0.1, -0.05) is 0 Å². The van der Waals surface area contributed by atoms with E-state index in [9.17, 15) is 9.18 Å². The zero-order valence-electron chi connectivity index (χ0n) is 7.99. The average Bonchev–Trinajstić information content (AvgIpc) is 2.27. The van der Waals surface area contributed by atoms with Crippen LogP contribution >= 0.6 is 0 Å². The van der Waals surface area contributed by atoms with Gasteiger partial charge < -0.3 is 9.47 Å². The molecular formula is C10H11FO3. The summed E-state index contributed by atoms with van der Waals surface area (Å²) in [6, 6.07) is 6.17. The van der Waals surface area contributed by atoms with E-state index in [1.54, 1.807) is 12.1 Å². The second-order valence-corrected chi connectivity index (χ2v) is 2.64. The number of methoxy groups -OCH3 is 2. The first-order valence-electron chi connectivity index (χ1n) is 4.04. The van der Waals surface area contributed by atoms with Crippen LogP contribution in [0.25, 0.3) is 0 Å². The topological polar surface area (TPSA) is 35.5 Å². The number of carbonyl (C=O) groups excluding carboxylic acids is 1. The zero-order valence-corrected chi connectivity index (χ0v) is 7.99. The van der Waals surface area contributed by atoms with Crippen molar-refractivity contribution in [2.45, 2.75) is 6.36 Å². The van der Waals surface area contributed by atoms with Crippen LogP contribution in [0, 0.1) is 0 Å². The first-order valence-corrected chi connectivity index (χ1v) is 4.04. The molecule has 1 rings (SSSR count). The Morgan fingerprint density at radius 1 is 1.29 bits per heavy atom. The molecule has 3 nitrogen and oxygen atoms in total. The third-order valence-corrected chi connectivity index (χ3v) is 1.79. The summed E-state index contributed by atoms with van der Waals surface area (Å²) in [4.78, 5) is 11.2. The lowest BCUT2D eigenvalue weighted by molar-refractivity contribution is 0.00542. The molecule has 1 atom stereocenters. The van der Waals surface area contributed by atoms with Gasteiger partial charge in [0.25, 0.3) is 6.36 Å². The lowest BCUT2D eigenvalue weighted by atomic mass is 10.1. The Bertz CT molecular complexity index is 308. The Morgan fingerprint density at radius 3 is 2.29 bits per heavy atom. The SMILES string of the molecule is COc1ccc(C(=O)C([18F])OC)cc1. The van der Waals surface area contributed by atoms with E-state index in [2.05, 4.69) is 4.74 Å². The highest BCUT2D eigenvalue weighted by Gasteiger charge is 2.17. The molecule has 0 radical (unpaired) electrons. The van der Waals surface area contributed by atoms with E-state index in [1.165, 1.54) is 19.2 Å². The minimum absolute atomic E-state index is 0.264. The maximum absolute atomic E-state index is 12.8. The number of ether oxygens (including phenoxy) is 2. The molecule has 14 heavy (non-hydrogen) atoms. The van der Waals surface area contributed by atoms with E-state index >= 15 is 0 Å². The molecule has 4 heteroatoms. The van der Waals surface area contributed by atoms with Gasteiger partial charge >= 0.3 is 0 Å². The minimum atomic E-state index is -1.90. The van der Waals surface area contributed by atoms with Crippen LogP contribution in [0.15, 0.2) is 24.3 Å². The Kier molecular flexibility index (Phi) is 3.59. The Hall–Kier alpha value is -1.42. The zero-order chi connectivity index (χ0) is 10.6. The summed E-state index contributed by atoms with van der Waals surface area (Å²) < 4.78 is 22.0. The van der Waals surface area contributed by atoms with E-state index < -0.39 is 12.1 Å². The lowest BCUT2D eigenvalue weighted by Gasteiger charge is -2.05. The number of Topliss-reactive ketones (excluding diaryl/α,β-unsaturated/α-hetero) is 1. The van der Waals surface area contributed by atoms with Gasteiger partial charge in [-0.2, -0.15) is 0 Å². The third-order valence-electron chi connectivity index (χ3n) is 1.79. The van der Waals surface area contributed by atoms with Gasteiger partial charge in [-0.25, -0.2) is 4.39 Å². The average molecular weight is 197 g/mol. The van der Waals surface area contributed by atoms with Gasteiger partial charge in [0.15, 0.2) is 0 Å². The Morgan fingerprint density at radius 2 is 1.86 bits per heavy atom. The van der Waals surface area contributed by atoms with Crippen LogP contribution in [-0.2, 0) is 4.74 Å². The molecule has 0 saturated heterocycles. The van der Waals surface area contributed by atoms with E-state index in [-0.39, 0.29) is 5.56 Å². The first-order chi connectivity index (χ1) is 6.69. The van der Waals surface area contributed by atoms with Crippen LogP contribution in [0.2, 0.25) is 0 Å². The van der Waals surface area contributed by atoms with Crippen LogP contribution < -0.4 is 4.74 Å². The molecule has 1 unspecified atom stereocenters. The maximum atomic E-state index is 12.8. The van der Waals surface area contributed by atoms with Gasteiger partial charge in [0, 0.05) is 12.7 Å². The molecule has 76 valence electrons. The number of hydrogen-bond acceptors (Lipinski definition) is 3. The molecule has 0 heterocycles. The number of benzene rings is 1. The Balaban J connectivity index is 2.81. The fourth-order valence-electron chi connectivity index (χ4n) is 0.993. The monoisotopic (exact) mass is 197 g/mol. The Labute approximate surface area is 81.4 Å². The molecule has 0 aliphatic carbocycles. The molecule has 0 amide bonds. The highest BCUT2D eigenvalue weighted by Crippen LogP contribution is 2.13. The van der Waals surface area contributed by atoms with Crippen molar-refractivity contribution in [2.75, 3.05) is 14.2 Å². The molecule has 0 aliphatic rings. The fourth-order valence-corrected chi connectivity index (χ4v) is 0.993. The van der Waals surface area contributed by atoms with E-state index in [1.807, 2.05) is 0 Å². The number of rotatable bonds is 4. The molecule has 0 aromatic heterocycles. The molecule has 1 aromatic rings. The maximum Gasteiger partial charge on any atom is 0.262 e. The van der Waals surface area contributed by atoms with Crippen molar-refractivity contribution in [2.24, 2.45) is 0 Å². The number of carbonyl (C=O) groups is 1. The van der Waals surface area contributed by atoms with Gasteiger partial charge in [0.2, 0.25) is 5.78 Å². The van der Waals surface area contributed by atoms with Crippen molar-refractivity contribution < 1.29 is 18.7 Å². The van der Waals surface area contributed by atoms with Gasteiger partial charge in [-0.15, -0.1) is 0 Å². The lowest BCUT2D eigenvalue weighted by Crippen LogP contribution is -2.17. The minimum Gasteiger partial charge on any atom is -0.497 e. The van der Waals surface area contributed by atoms with Crippen molar-refractivity contribution >= 4 is 5.78 Å². The van der Waals surface area contributed by atoms with Gasteiger partial charge in [-0.3, -0.25) is 4.79 Å². The van der Waals surface area contributed by atoms with Crippen LogP contribution in [0.5, 0.6) is 5.75 Å². The molecule has 1 aromatic carbocycles. The molecule has 0 bridgehead atoms. The summed E-state index contributed by atoms with van der Waals surface area (Å²) in [6.07, 6.45) is -1.90. The molecule has 0 fully saturated rings. The van der Waals surface area contributed by atoms with Crippen molar-refractivity contribution in [3.8, 4) is 5.75 Å². The predicted octanol–water partition coefficient (Wildman–Crippen LogP) is 1.82. The summed E-state index contributed by atoms with van der Waals surface area (Å²) in [5.41, 5.74) is 0.264. The normalized spacial score (nSPS) is 12.2. The standard InChI is InChI=1S/C10H11FO3/c1-13-8-5-3-7(4-6-8)9(12)10(11)14-2/h3-6,10H,1-2H3/i11-1. The summed E-state index contributed by atoms with van der Waals surface area (Å²) in [7, 11) is 2.66. The first kappa shape index (κ1) is 10.7. The van der Waals surface area contributed by atoms with Crippen LogP contribution in [0.3, 0.4) is 0 Å². The number of halogens is 1. The largest absolute Gasteiger partial charge is 0.497 e. The number of ketones is 1. The van der Waals surface area contributed by atoms with E-state index in [0.29, 0.717) is 5.75 Å².